The van der Waals surface area contributed by atoms with E-state index < -0.39 is 0 Å². The van der Waals surface area contributed by atoms with Gasteiger partial charge in [-0.2, -0.15) is 0 Å². The quantitative estimate of drug-likeness (QED) is 0.888. The predicted molar refractivity (Wildman–Crippen MR) is 71.4 cm³/mol. The fourth-order valence-corrected chi connectivity index (χ4v) is 2.45. The first-order chi connectivity index (χ1) is 8.16. The van der Waals surface area contributed by atoms with Crippen molar-refractivity contribution in [3.63, 3.8) is 0 Å². The number of halogens is 1. The third-order valence-electron chi connectivity index (χ3n) is 3.55. The van der Waals surface area contributed by atoms with Crippen molar-refractivity contribution in [3.05, 3.63) is 34.9 Å². The van der Waals surface area contributed by atoms with Gasteiger partial charge in [0.15, 0.2) is 0 Å². The van der Waals surface area contributed by atoms with E-state index >= 15 is 0 Å². The predicted octanol–water partition coefficient (Wildman–Crippen LogP) is 3.42. The lowest BCUT2D eigenvalue weighted by molar-refractivity contribution is 0.177. The summed E-state index contributed by atoms with van der Waals surface area (Å²) in [6.45, 7) is 6.23. The number of ether oxygens (including phenoxy) is 1. The maximum absolute atomic E-state index is 5.89. The summed E-state index contributed by atoms with van der Waals surface area (Å²) in [5.74, 6) is 0.643. The van der Waals surface area contributed by atoms with Crippen LogP contribution in [0.4, 0.5) is 0 Å². The van der Waals surface area contributed by atoms with Crippen LogP contribution in [0.1, 0.15) is 31.9 Å². The fraction of sp³-hybridized carbons (Fsp3) is 0.571. The minimum Gasteiger partial charge on any atom is -0.381 e. The second kappa shape index (κ2) is 5.85. The van der Waals surface area contributed by atoms with Crippen LogP contribution in [0.2, 0.25) is 5.02 Å². The molecule has 0 bridgehead atoms. The Morgan fingerprint density at radius 3 is 2.59 bits per heavy atom. The Hall–Kier alpha value is -0.570. The Balaban J connectivity index is 1.91. The Morgan fingerprint density at radius 2 is 2.00 bits per heavy atom. The zero-order chi connectivity index (χ0) is 12.3. The van der Waals surface area contributed by atoms with Crippen LogP contribution < -0.4 is 5.32 Å². The first-order valence-electron chi connectivity index (χ1n) is 6.26. The van der Waals surface area contributed by atoms with Crippen LogP contribution in [0.3, 0.4) is 0 Å². The summed E-state index contributed by atoms with van der Waals surface area (Å²) in [6.07, 6.45) is 1.17. The lowest BCUT2D eigenvalue weighted by Crippen LogP contribution is -2.35. The second-order valence-corrected chi connectivity index (χ2v) is 5.29. The smallest absolute Gasteiger partial charge is 0.0509 e. The first-order valence-corrected chi connectivity index (χ1v) is 6.64. The van der Waals surface area contributed by atoms with Gasteiger partial charge >= 0.3 is 0 Å². The number of nitrogens with one attached hydrogen (secondary N) is 1. The van der Waals surface area contributed by atoms with Crippen LogP contribution >= 0.6 is 11.6 Å². The Bertz CT molecular complexity index is 346. The molecule has 17 heavy (non-hydrogen) atoms. The van der Waals surface area contributed by atoms with E-state index in [1.807, 2.05) is 12.1 Å². The van der Waals surface area contributed by atoms with Gasteiger partial charge in [-0.15, -0.1) is 0 Å². The lowest BCUT2D eigenvalue weighted by atomic mass is 9.98. The Labute approximate surface area is 108 Å². The number of hydrogen-bond acceptors (Lipinski definition) is 2. The summed E-state index contributed by atoms with van der Waals surface area (Å²) in [7, 11) is 0. The monoisotopic (exact) mass is 253 g/mol. The van der Waals surface area contributed by atoms with Crippen molar-refractivity contribution in [2.45, 2.75) is 32.4 Å². The van der Waals surface area contributed by atoms with E-state index in [1.165, 1.54) is 12.0 Å². The standard InChI is InChI=1S/C14H20ClNO/c1-10(12-3-5-14(15)6-4-12)16-11(2)13-7-8-17-9-13/h3-6,10-11,13,16H,7-9H2,1-2H3/t10-,11?,13?/m1/s1. The molecule has 2 unspecified atom stereocenters. The fourth-order valence-electron chi connectivity index (χ4n) is 2.33. The summed E-state index contributed by atoms with van der Waals surface area (Å²) in [5.41, 5.74) is 1.28. The van der Waals surface area contributed by atoms with Gasteiger partial charge in [0.25, 0.3) is 0 Å². The number of hydrogen-bond donors (Lipinski definition) is 1. The topological polar surface area (TPSA) is 21.3 Å². The molecular weight excluding hydrogens is 234 g/mol. The van der Waals surface area contributed by atoms with Gasteiger partial charge in [0.1, 0.15) is 0 Å². The van der Waals surface area contributed by atoms with Crippen molar-refractivity contribution in [2.24, 2.45) is 5.92 Å². The summed E-state index contributed by atoms with van der Waals surface area (Å²) in [4.78, 5) is 0. The zero-order valence-electron chi connectivity index (χ0n) is 10.4. The van der Waals surface area contributed by atoms with Gasteiger partial charge in [-0.25, -0.2) is 0 Å². The van der Waals surface area contributed by atoms with E-state index in [-0.39, 0.29) is 0 Å². The van der Waals surface area contributed by atoms with Crippen LogP contribution in [0.25, 0.3) is 0 Å². The molecule has 1 aliphatic rings. The van der Waals surface area contributed by atoms with Crippen LogP contribution in [-0.2, 0) is 4.74 Å². The van der Waals surface area contributed by atoms with Crippen LogP contribution in [0, 0.1) is 5.92 Å². The maximum atomic E-state index is 5.89. The van der Waals surface area contributed by atoms with E-state index in [9.17, 15) is 0 Å². The summed E-state index contributed by atoms with van der Waals surface area (Å²) in [6, 6.07) is 8.89. The van der Waals surface area contributed by atoms with Gasteiger partial charge in [-0.05, 0) is 43.9 Å². The third-order valence-corrected chi connectivity index (χ3v) is 3.81. The molecule has 0 saturated carbocycles. The Morgan fingerprint density at radius 1 is 1.29 bits per heavy atom. The van der Waals surface area contributed by atoms with Gasteiger partial charge in [0.2, 0.25) is 0 Å². The molecule has 3 heteroatoms. The maximum Gasteiger partial charge on any atom is 0.0509 e. The first kappa shape index (κ1) is 12.9. The van der Waals surface area contributed by atoms with Crippen molar-refractivity contribution in [1.82, 2.24) is 5.32 Å². The van der Waals surface area contributed by atoms with Crippen LogP contribution in [-0.4, -0.2) is 19.3 Å². The molecule has 0 aromatic heterocycles. The minimum absolute atomic E-state index is 0.350. The largest absolute Gasteiger partial charge is 0.381 e. The highest BCUT2D eigenvalue weighted by atomic mass is 35.5. The molecule has 1 aromatic rings. The number of benzene rings is 1. The molecular formula is C14H20ClNO. The molecule has 0 amide bonds. The van der Waals surface area contributed by atoms with Gasteiger partial charge in [0, 0.05) is 23.7 Å². The number of rotatable bonds is 4. The molecule has 1 N–H and O–H groups in total. The van der Waals surface area contributed by atoms with Gasteiger partial charge in [-0.1, -0.05) is 23.7 Å². The normalized spacial score (nSPS) is 23.6. The lowest BCUT2D eigenvalue weighted by Gasteiger charge is -2.24. The molecule has 0 aliphatic carbocycles. The molecule has 1 aromatic carbocycles. The van der Waals surface area contributed by atoms with Gasteiger partial charge in [-0.3, -0.25) is 0 Å². The minimum atomic E-state index is 0.350. The van der Waals surface area contributed by atoms with Gasteiger partial charge in [0.05, 0.1) is 6.61 Å². The van der Waals surface area contributed by atoms with Crippen molar-refractivity contribution >= 4 is 11.6 Å². The van der Waals surface area contributed by atoms with Crippen molar-refractivity contribution in [3.8, 4) is 0 Å². The summed E-state index contributed by atoms with van der Waals surface area (Å²) in [5, 5.41) is 4.42. The SMILES string of the molecule is CC(N[C@H](C)c1ccc(Cl)cc1)C1CCOC1. The molecule has 3 atom stereocenters. The summed E-state index contributed by atoms with van der Waals surface area (Å²) < 4.78 is 5.42. The second-order valence-electron chi connectivity index (χ2n) is 4.85. The van der Waals surface area contributed by atoms with E-state index in [2.05, 4.69) is 31.3 Å². The third kappa shape index (κ3) is 3.44. The van der Waals surface area contributed by atoms with E-state index in [4.69, 9.17) is 16.3 Å². The molecule has 0 radical (unpaired) electrons. The van der Waals surface area contributed by atoms with Crippen LogP contribution in [0.15, 0.2) is 24.3 Å². The van der Waals surface area contributed by atoms with E-state index in [1.54, 1.807) is 0 Å². The molecule has 1 saturated heterocycles. The molecule has 2 rings (SSSR count). The average Bonchev–Trinajstić information content (AvgIpc) is 2.83. The molecule has 2 nitrogen and oxygen atoms in total. The summed E-state index contributed by atoms with van der Waals surface area (Å²) >= 11 is 5.89. The molecule has 94 valence electrons. The molecule has 1 fully saturated rings. The van der Waals surface area contributed by atoms with Crippen molar-refractivity contribution in [2.75, 3.05) is 13.2 Å². The van der Waals surface area contributed by atoms with Gasteiger partial charge < -0.3 is 10.1 Å². The average molecular weight is 254 g/mol. The highest BCUT2D eigenvalue weighted by Gasteiger charge is 2.23. The van der Waals surface area contributed by atoms with E-state index in [0.29, 0.717) is 18.0 Å². The zero-order valence-corrected chi connectivity index (χ0v) is 11.2. The van der Waals surface area contributed by atoms with Crippen LogP contribution in [0.5, 0.6) is 0 Å². The van der Waals surface area contributed by atoms with E-state index in [0.717, 1.165) is 18.2 Å². The molecule has 0 spiro atoms. The molecule has 1 heterocycles. The highest BCUT2D eigenvalue weighted by molar-refractivity contribution is 6.30. The Kier molecular flexibility index (Phi) is 4.43. The van der Waals surface area contributed by atoms with Crippen molar-refractivity contribution in [1.29, 1.82) is 0 Å². The molecule has 1 aliphatic heterocycles. The van der Waals surface area contributed by atoms with Crippen molar-refractivity contribution < 1.29 is 4.74 Å². The highest BCUT2D eigenvalue weighted by Crippen LogP contribution is 2.21.